The van der Waals surface area contributed by atoms with Gasteiger partial charge in [-0.1, -0.05) is 61.6 Å². The number of nitrogens with zero attached hydrogens (tertiary/aromatic N) is 2. The smallest absolute Gasteiger partial charge is 0.294 e. The van der Waals surface area contributed by atoms with E-state index < -0.39 is 20.2 Å². The molecule has 0 spiro atoms. The Morgan fingerprint density at radius 3 is 1.90 bits per heavy atom. The van der Waals surface area contributed by atoms with E-state index in [0.29, 0.717) is 25.2 Å². The molecule has 3 N–H and O–H groups in total. The van der Waals surface area contributed by atoms with E-state index in [-0.39, 0.29) is 45.4 Å². The van der Waals surface area contributed by atoms with E-state index >= 15 is 0 Å². The monoisotopic (exact) mass is 735 g/mol. The molecular weight excluding hydrogens is 694 g/mol. The molecule has 0 amide bonds. The third-order valence-corrected chi connectivity index (χ3v) is 10.2. The summed E-state index contributed by atoms with van der Waals surface area (Å²) in [7, 11) is -8.60. The van der Waals surface area contributed by atoms with Crippen molar-refractivity contribution in [3.05, 3.63) is 149 Å². The molecule has 0 atom stereocenters. The van der Waals surface area contributed by atoms with Gasteiger partial charge in [0.15, 0.2) is 6.21 Å². The minimum Gasteiger partial charge on any atom is -0.367 e. The van der Waals surface area contributed by atoms with Gasteiger partial charge in [-0.2, -0.15) is 21.4 Å². The summed E-state index contributed by atoms with van der Waals surface area (Å²) in [6.07, 6.45) is 10.4. The summed E-state index contributed by atoms with van der Waals surface area (Å²) < 4.78 is 67.7. The van der Waals surface area contributed by atoms with Crippen molar-refractivity contribution < 1.29 is 30.5 Å². The Labute approximate surface area is 323 Å². The van der Waals surface area contributed by atoms with E-state index in [1.807, 2.05) is 42.8 Å². The average Bonchev–Trinajstić information content (AvgIpc) is 3.11. The normalized spacial score (nSPS) is 14.6. The van der Waals surface area contributed by atoms with Crippen LogP contribution in [0.2, 0.25) is 0 Å². The molecule has 0 aromatic heterocycles. The number of anilines is 1. The zero-order valence-electron chi connectivity index (χ0n) is 29.3. The predicted molar refractivity (Wildman–Crippen MR) is 205 cm³/mol. The van der Waals surface area contributed by atoms with E-state index in [1.54, 1.807) is 18.2 Å². The van der Waals surface area contributed by atoms with Gasteiger partial charge in [-0.05, 0) is 103 Å². The second-order valence-corrected chi connectivity index (χ2v) is 14.7. The van der Waals surface area contributed by atoms with Gasteiger partial charge < -0.3 is 10.2 Å². The zero-order chi connectivity index (χ0) is 35.9. The molecule has 261 valence electrons. The molecule has 0 fully saturated rings. The van der Waals surface area contributed by atoms with Gasteiger partial charge >= 0.3 is 0 Å². The third-order valence-electron chi connectivity index (χ3n) is 8.46. The number of hydrogen-bond acceptors (Lipinski definition) is 6. The Morgan fingerprint density at radius 1 is 0.784 bits per heavy atom. The number of allylic oxidation sites excluding steroid dienone is 3. The Kier molecular flexibility index (Phi) is 13.9. The molecule has 4 aromatic rings. The van der Waals surface area contributed by atoms with E-state index in [1.165, 1.54) is 24.3 Å². The predicted octanol–water partition coefficient (Wildman–Crippen LogP) is 6.51. The fourth-order valence-electron chi connectivity index (χ4n) is 5.93. The van der Waals surface area contributed by atoms with E-state index in [0.717, 1.165) is 45.8 Å². The summed E-state index contributed by atoms with van der Waals surface area (Å²) in [5, 5.41) is 3.43. The molecule has 5 rings (SSSR count). The molecule has 1 aliphatic rings. The molecule has 0 saturated carbocycles. The van der Waals surface area contributed by atoms with Crippen LogP contribution in [0.4, 0.5) is 11.4 Å². The van der Waals surface area contributed by atoms with Gasteiger partial charge in [0.2, 0.25) is 5.69 Å². The summed E-state index contributed by atoms with van der Waals surface area (Å²) in [5.74, 6) is 0. The second kappa shape index (κ2) is 17.7. The van der Waals surface area contributed by atoms with Gasteiger partial charge in [-0.15, -0.1) is 0 Å². The molecule has 0 bridgehead atoms. The molecule has 9 nitrogen and oxygen atoms in total. The van der Waals surface area contributed by atoms with Gasteiger partial charge in [0.05, 0.1) is 9.79 Å². The number of benzene rings is 4. The number of rotatable bonds is 13. The first-order chi connectivity index (χ1) is 23.9. The topological polar surface area (TPSA) is 127 Å². The van der Waals surface area contributed by atoms with Crippen LogP contribution in [-0.4, -0.2) is 92.0 Å². The molecular formula is C39H42N3NaO6S2+. The van der Waals surface area contributed by atoms with Crippen LogP contribution in [0.15, 0.2) is 137 Å². The first kappa shape index (κ1) is 40.1. The molecule has 0 aliphatic heterocycles. The van der Waals surface area contributed by atoms with Gasteiger partial charge in [-0.25, -0.2) is 0 Å². The quantitative estimate of drug-likeness (QED) is 0.0614. The number of hydrogen-bond donors (Lipinski definition) is 3. The zero-order valence-corrected chi connectivity index (χ0v) is 32.9. The van der Waals surface area contributed by atoms with Crippen molar-refractivity contribution in [1.82, 2.24) is 5.32 Å². The van der Waals surface area contributed by atoms with Crippen molar-refractivity contribution in [2.75, 3.05) is 24.5 Å². The van der Waals surface area contributed by atoms with E-state index in [4.69, 9.17) is 0 Å². The fraction of sp³-hybridized carbons (Fsp3) is 0.205. The van der Waals surface area contributed by atoms with Crippen LogP contribution in [-0.2, 0) is 26.8 Å². The molecule has 0 unspecified atom stereocenters. The summed E-state index contributed by atoms with van der Waals surface area (Å²) in [4.78, 5) is 1.86. The standard InChI is InChI=1S/C39H41N3O6S2.Na/c1-4-40-34-19-13-31(14-20-34)39(32-15-21-35(22-16-32)41(5-2)27-29-9-7-11-37(25-29)49(43,44)45)33-17-23-36(24-18-33)42(6-3)28-30-10-8-12-38(26-30)50(46,47)48;/h7-27,34,40H,4-6,28H2,1-3H3,(H-,43,44,45,46,47,48);/p+1. The van der Waals surface area contributed by atoms with Crippen molar-refractivity contribution in [2.24, 2.45) is 0 Å². The maximum Gasteiger partial charge on any atom is 0.294 e. The van der Waals surface area contributed by atoms with Crippen molar-refractivity contribution >= 4 is 73.0 Å². The minimum atomic E-state index is -4.31. The molecule has 0 heterocycles. The van der Waals surface area contributed by atoms with Crippen molar-refractivity contribution in [2.45, 2.75) is 43.1 Å². The summed E-state index contributed by atoms with van der Waals surface area (Å²) in [5.41, 5.74) is 7.48. The fourth-order valence-corrected chi connectivity index (χ4v) is 7.01. The van der Waals surface area contributed by atoms with Crippen LogP contribution < -0.4 is 10.2 Å². The van der Waals surface area contributed by atoms with Crippen LogP contribution >= 0.6 is 0 Å². The van der Waals surface area contributed by atoms with Crippen LogP contribution in [0.3, 0.4) is 0 Å². The van der Waals surface area contributed by atoms with Gasteiger partial charge in [-0.3, -0.25) is 9.11 Å². The van der Waals surface area contributed by atoms with Gasteiger partial charge in [0.1, 0.15) is 6.54 Å². The molecule has 1 aliphatic carbocycles. The largest absolute Gasteiger partial charge is 0.367 e. The maximum atomic E-state index is 11.7. The molecule has 51 heavy (non-hydrogen) atoms. The molecule has 4 aromatic carbocycles. The minimum absolute atomic E-state index is 0. The number of likely N-dealkylation sites (N-methyl/N-ethyl adjacent to an activating group) is 1. The first-order valence-corrected chi connectivity index (χ1v) is 19.3. The van der Waals surface area contributed by atoms with E-state index in [9.17, 15) is 25.9 Å². The summed E-state index contributed by atoms with van der Waals surface area (Å²) >= 11 is 0. The first-order valence-electron chi connectivity index (χ1n) is 16.4. The Morgan fingerprint density at radius 2 is 1.35 bits per heavy atom. The SMILES string of the molecule is CCNC1C=CC(=C(c2ccc(N(CC)Cc3cccc(S(=O)(=O)O)c3)cc2)c2ccc([N+](=Cc3cccc(S(=O)(=O)O)c3)CC)cc2)C=C1.[Na]. The van der Waals surface area contributed by atoms with E-state index in [2.05, 4.69) is 77.8 Å². The summed E-state index contributed by atoms with van der Waals surface area (Å²) in [6, 6.07) is 29.2. The van der Waals surface area contributed by atoms with Gasteiger partial charge in [0.25, 0.3) is 20.2 Å². The summed E-state index contributed by atoms with van der Waals surface area (Å²) in [6.45, 7) is 8.77. The van der Waals surface area contributed by atoms with Crippen LogP contribution in [0.1, 0.15) is 43.0 Å². The molecule has 12 heteroatoms. The van der Waals surface area contributed by atoms with Crippen LogP contribution in [0.5, 0.6) is 0 Å². The van der Waals surface area contributed by atoms with Crippen LogP contribution in [0.25, 0.3) is 5.57 Å². The third kappa shape index (κ3) is 10.5. The Bertz CT molecular complexity index is 2160. The second-order valence-electron chi connectivity index (χ2n) is 11.8. The van der Waals surface area contributed by atoms with Gasteiger partial charge in [0, 0.05) is 72.1 Å². The van der Waals surface area contributed by atoms with Crippen molar-refractivity contribution in [3.8, 4) is 0 Å². The average molecular weight is 736 g/mol. The Hall–Kier alpha value is -3.65. The van der Waals surface area contributed by atoms with Crippen LogP contribution in [0, 0.1) is 0 Å². The molecule has 0 saturated heterocycles. The van der Waals surface area contributed by atoms with Crippen molar-refractivity contribution in [1.29, 1.82) is 0 Å². The van der Waals surface area contributed by atoms with Crippen molar-refractivity contribution in [3.63, 3.8) is 0 Å². The molecule has 1 radical (unpaired) electrons. The maximum absolute atomic E-state index is 11.7. The number of nitrogens with one attached hydrogen (secondary N) is 1. The Balaban J connectivity index is 0.00000583.